The lowest BCUT2D eigenvalue weighted by Gasteiger charge is -2.27. The van der Waals surface area contributed by atoms with E-state index in [9.17, 15) is 14.7 Å². The molecule has 0 aliphatic carbocycles. The third-order valence-electron chi connectivity index (χ3n) is 5.69. The molecular weight excluding hydrogens is 446 g/mol. The molecule has 1 aliphatic rings. The molecule has 188 valence electrons. The van der Waals surface area contributed by atoms with Crippen LogP contribution in [-0.2, 0) is 27.3 Å². The lowest BCUT2D eigenvalue weighted by Crippen LogP contribution is -2.54. The van der Waals surface area contributed by atoms with Crippen LogP contribution in [0.1, 0.15) is 37.8 Å². The molecule has 0 fully saturated rings. The fourth-order valence-electron chi connectivity index (χ4n) is 3.87. The fourth-order valence-corrected chi connectivity index (χ4v) is 3.87. The molecule has 8 nitrogen and oxygen atoms in total. The second-order valence-electron chi connectivity index (χ2n) is 9.04. The highest BCUT2D eigenvalue weighted by atomic mass is 16.5. The molecule has 2 aromatic carbocycles. The molecule has 3 rings (SSSR count). The molecule has 3 unspecified atom stereocenters. The number of nitrogens with zero attached hydrogens (tertiary/aromatic N) is 1. The van der Waals surface area contributed by atoms with Gasteiger partial charge >= 0.3 is 6.09 Å². The topological polar surface area (TPSA) is 109 Å². The van der Waals surface area contributed by atoms with Gasteiger partial charge in [0.25, 0.3) is 0 Å². The average molecular weight is 482 g/mol. The molecule has 3 atom stereocenters. The zero-order valence-electron chi connectivity index (χ0n) is 20.4. The number of nitrogens with one attached hydrogen (secondary N) is 2. The quantitative estimate of drug-likeness (QED) is 0.431. The summed E-state index contributed by atoms with van der Waals surface area (Å²) in [6.45, 7) is 4.95. The number of ether oxygens (including phenoxy) is 2. The summed E-state index contributed by atoms with van der Waals surface area (Å²) in [5, 5.41) is 16.5. The van der Waals surface area contributed by atoms with Crippen molar-refractivity contribution in [2.24, 2.45) is 10.9 Å². The van der Waals surface area contributed by atoms with Gasteiger partial charge in [-0.1, -0.05) is 74.5 Å². The lowest BCUT2D eigenvalue weighted by molar-refractivity contribution is -0.124. The zero-order valence-corrected chi connectivity index (χ0v) is 20.4. The summed E-state index contributed by atoms with van der Waals surface area (Å²) in [6, 6.07) is 17.7. The van der Waals surface area contributed by atoms with Crippen molar-refractivity contribution in [2.75, 3.05) is 13.2 Å². The summed E-state index contributed by atoms with van der Waals surface area (Å²) in [4.78, 5) is 29.9. The van der Waals surface area contributed by atoms with E-state index >= 15 is 0 Å². The Hall–Kier alpha value is -3.39. The number of aliphatic imine (C=N–C) groups is 1. The van der Waals surface area contributed by atoms with E-state index in [1.54, 1.807) is 0 Å². The molecule has 0 radical (unpaired) electrons. The molecule has 0 aromatic heterocycles. The summed E-state index contributed by atoms with van der Waals surface area (Å²) in [5.41, 5.74) is 1.95. The van der Waals surface area contributed by atoms with Gasteiger partial charge in [-0.05, 0) is 36.3 Å². The molecule has 0 saturated carbocycles. The Morgan fingerprint density at radius 2 is 1.69 bits per heavy atom. The largest absolute Gasteiger partial charge is 0.477 e. The normalized spacial score (nSPS) is 15.5. The van der Waals surface area contributed by atoms with E-state index in [0.717, 1.165) is 11.1 Å². The van der Waals surface area contributed by atoms with Crippen molar-refractivity contribution in [2.45, 2.75) is 57.9 Å². The van der Waals surface area contributed by atoms with Crippen LogP contribution in [0.15, 0.2) is 65.7 Å². The highest BCUT2D eigenvalue weighted by molar-refractivity contribution is 5.87. The first-order valence-electron chi connectivity index (χ1n) is 12.1. The number of hydrogen-bond acceptors (Lipinski definition) is 6. The van der Waals surface area contributed by atoms with Crippen LogP contribution in [0.2, 0.25) is 0 Å². The summed E-state index contributed by atoms with van der Waals surface area (Å²) in [7, 11) is 0. The van der Waals surface area contributed by atoms with Crippen molar-refractivity contribution in [1.82, 2.24) is 10.6 Å². The van der Waals surface area contributed by atoms with Gasteiger partial charge in [0.05, 0.1) is 12.6 Å². The van der Waals surface area contributed by atoms with Crippen LogP contribution in [0.25, 0.3) is 0 Å². The predicted octanol–water partition coefficient (Wildman–Crippen LogP) is 3.23. The standard InChI is InChI=1S/C27H35N3O5/c1-19(2)17-23(30-27(33)35-18-21-11-7-4-8-12-21)25(32)29-22(24(31)26-28-15-16-34-26)14-13-20-9-5-3-6-10-20/h3-12,19,22-24,31H,13-18H2,1-2H3,(H,29,32)(H,30,33). The molecule has 0 saturated heterocycles. The van der Waals surface area contributed by atoms with Crippen LogP contribution in [0, 0.1) is 5.92 Å². The van der Waals surface area contributed by atoms with Crippen LogP contribution < -0.4 is 10.6 Å². The molecule has 8 heteroatoms. The number of carbonyl (C=O) groups is 2. The van der Waals surface area contributed by atoms with Crippen molar-refractivity contribution in [3.63, 3.8) is 0 Å². The number of aryl methyl sites for hydroxylation is 1. The Kier molecular flexibility index (Phi) is 10.1. The van der Waals surface area contributed by atoms with Crippen LogP contribution in [-0.4, -0.2) is 54.3 Å². The molecule has 2 amide bonds. The number of rotatable bonds is 12. The Balaban J connectivity index is 1.64. The molecule has 35 heavy (non-hydrogen) atoms. The van der Waals surface area contributed by atoms with E-state index in [4.69, 9.17) is 9.47 Å². The SMILES string of the molecule is CC(C)CC(NC(=O)OCc1ccccc1)C(=O)NC(CCc1ccccc1)C(O)C1=NCCO1. The van der Waals surface area contributed by atoms with Gasteiger partial charge in [-0.25, -0.2) is 9.79 Å². The number of aliphatic hydroxyl groups is 1. The lowest BCUT2D eigenvalue weighted by atomic mass is 9.99. The highest BCUT2D eigenvalue weighted by Gasteiger charge is 2.31. The molecule has 1 aliphatic heterocycles. The number of hydrogen-bond donors (Lipinski definition) is 3. The Bertz CT molecular complexity index is 965. The monoisotopic (exact) mass is 481 g/mol. The van der Waals surface area contributed by atoms with Gasteiger partial charge in [-0.2, -0.15) is 0 Å². The van der Waals surface area contributed by atoms with Crippen LogP contribution in [0.5, 0.6) is 0 Å². The molecule has 0 bridgehead atoms. The van der Waals surface area contributed by atoms with E-state index in [0.29, 0.717) is 32.4 Å². The maximum absolute atomic E-state index is 13.3. The first-order valence-corrected chi connectivity index (χ1v) is 12.1. The molecule has 0 spiro atoms. The van der Waals surface area contributed by atoms with E-state index in [2.05, 4.69) is 15.6 Å². The minimum Gasteiger partial charge on any atom is -0.477 e. The first-order chi connectivity index (χ1) is 16.9. The minimum absolute atomic E-state index is 0.109. The number of aliphatic hydroxyl groups excluding tert-OH is 1. The fraction of sp³-hybridized carbons (Fsp3) is 0.444. The Morgan fingerprint density at radius 3 is 2.29 bits per heavy atom. The number of benzene rings is 2. The Morgan fingerprint density at radius 1 is 1.03 bits per heavy atom. The van der Waals surface area contributed by atoms with Gasteiger partial charge in [0.1, 0.15) is 25.4 Å². The van der Waals surface area contributed by atoms with Gasteiger partial charge in [-0.3, -0.25) is 4.79 Å². The number of alkyl carbamates (subject to hydrolysis) is 1. The Labute approximate surface area is 206 Å². The summed E-state index contributed by atoms with van der Waals surface area (Å²) < 4.78 is 10.8. The summed E-state index contributed by atoms with van der Waals surface area (Å²) in [6.07, 6.45) is -0.191. The third-order valence-corrected chi connectivity index (χ3v) is 5.69. The van der Waals surface area contributed by atoms with E-state index in [-0.39, 0.29) is 24.3 Å². The van der Waals surface area contributed by atoms with E-state index in [1.165, 1.54) is 0 Å². The van der Waals surface area contributed by atoms with Crippen molar-refractivity contribution in [3.05, 3.63) is 71.8 Å². The van der Waals surface area contributed by atoms with Crippen molar-refractivity contribution < 1.29 is 24.2 Å². The van der Waals surface area contributed by atoms with Crippen molar-refractivity contribution >= 4 is 17.9 Å². The van der Waals surface area contributed by atoms with Crippen LogP contribution >= 0.6 is 0 Å². The van der Waals surface area contributed by atoms with Gasteiger partial charge in [-0.15, -0.1) is 0 Å². The summed E-state index contributed by atoms with van der Waals surface area (Å²) >= 11 is 0. The number of carbonyl (C=O) groups excluding carboxylic acids is 2. The first kappa shape index (κ1) is 26.2. The molecule has 1 heterocycles. The molecule has 3 N–H and O–H groups in total. The van der Waals surface area contributed by atoms with Crippen molar-refractivity contribution in [1.29, 1.82) is 0 Å². The zero-order chi connectivity index (χ0) is 25.0. The second-order valence-corrected chi connectivity index (χ2v) is 9.04. The predicted molar refractivity (Wildman–Crippen MR) is 134 cm³/mol. The van der Waals surface area contributed by atoms with Gasteiger partial charge < -0.3 is 25.2 Å². The van der Waals surface area contributed by atoms with E-state index in [1.807, 2.05) is 74.5 Å². The third kappa shape index (κ3) is 8.72. The number of amides is 2. The molecular formula is C27H35N3O5. The maximum Gasteiger partial charge on any atom is 0.408 e. The van der Waals surface area contributed by atoms with Gasteiger partial charge in [0.2, 0.25) is 11.8 Å². The molecule has 2 aromatic rings. The average Bonchev–Trinajstić information content (AvgIpc) is 3.40. The van der Waals surface area contributed by atoms with Crippen LogP contribution in [0.4, 0.5) is 4.79 Å². The highest BCUT2D eigenvalue weighted by Crippen LogP contribution is 2.13. The maximum atomic E-state index is 13.3. The van der Waals surface area contributed by atoms with Gasteiger partial charge in [0.15, 0.2) is 0 Å². The smallest absolute Gasteiger partial charge is 0.408 e. The van der Waals surface area contributed by atoms with Gasteiger partial charge in [0, 0.05) is 0 Å². The van der Waals surface area contributed by atoms with Crippen LogP contribution in [0.3, 0.4) is 0 Å². The van der Waals surface area contributed by atoms with E-state index < -0.39 is 24.3 Å². The minimum atomic E-state index is -1.07. The van der Waals surface area contributed by atoms with Crippen molar-refractivity contribution in [3.8, 4) is 0 Å². The second kappa shape index (κ2) is 13.5. The summed E-state index contributed by atoms with van der Waals surface area (Å²) in [5.74, 6) is 0.000442.